The molecule has 0 aliphatic carbocycles. The molecule has 0 aliphatic rings. The van der Waals surface area contributed by atoms with Gasteiger partial charge in [0.1, 0.15) is 12.2 Å². The van der Waals surface area contributed by atoms with Crippen LogP contribution in [-0.2, 0) is 9.53 Å². The summed E-state index contributed by atoms with van der Waals surface area (Å²) in [5.74, 6) is -0.639. The Morgan fingerprint density at radius 1 is 1.53 bits per heavy atom. The molecule has 1 aromatic heterocycles. The Morgan fingerprint density at radius 2 is 2.24 bits per heavy atom. The zero-order valence-electron chi connectivity index (χ0n) is 10.2. The quantitative estimate of drug-likeness (QED) is 0.749. The molecular formula is C11H16N2O3S. The maximum atomic E-state index is 12.1. The van der Waals surface area contributed by atoms with E-state index in [4.69, 9.17) is 0 Å². The summed E-state index contributed by atoms with van der Waals surface area (Å²) >= 11 is 1.42. The largest absolute Gasteiger partial charge is 0.468 e. The first-order valence-electron chi connectivity index (χ1n) is 5.36. The molecule has 1 heterocycles. The number of amides is 1. The highest BCUT2D eigenvalue weighted by atomic mass is 32.1. The van der Waals surface area contributed by atoms with E-state index in [0.717, 1.165) is 11.4 Å². The van der Waals surface area contributed by atoms with Gasteiger partial charge in [-0.3, -0.25) is 9.59 Å². The summed E-state index contributed by atoms with van der Waals surface area (Å²) in [6.45, 7) is 4.28. The summed E-state index contributed by atoms with van der Waals surface area (Å²) in [7, 11) is 1.31. The lowest BCUT2D eigenvalue weighted by Gasteiger charge is -2.19. The van der Waals surface area contributed by atoms with E-state index in [1.807, 2.05) is 13.8 Å². The van der Waals surface area contributed by atoms with E-state index in [1.54, 1.807) is 5.38 Å². The van der Waals surface area contributed by atoms with Crippen LogP contribution in [-0.4, -0.2) is 42.0 Å². The van der Waals surface area contributed by atoms with Crippen molar-refractivity contribution in [1.29, 1.82) is 0 Å². The molecule has 6 heteroatoms. The Bertz CT molecular complexity index is 403. The summed E-state index contributed by atoms with van der Waals surface area (Å²) in [6, 6.07) is 0. The molecule has 0 spiro atoms. The van der Waals surface area contributed by atoms with Crippen LogP contribution in [0.2, 0.25) is 0 Å². The Labute approximate surface area is 104 Å². The standard InChI is InChI=1S/C11H16N2O3S/c1-4-5-13(6-10(14)16-3)11(15)9-7-17-8(2)12-9/h7H,4-6H2,1-3H3. The minimum absolute atomic E-state index is 0.0280. The molecule has 0 N–H and O–H groups in total. The van der Waals surface area contributed by atoms with Crippen molar-refractivity contribution in [2.24, 2.45) is 0 Å². The number of carbonyl (C=O) groups is 2. The van der Waals surface area contributed by atoms with Crippen LogP contribution in [0.3, 0.4) is 0 Å². The second kappa shape index (κ2) is 6.34. The van der Waals surface area contributed by atoms with Gasteiger partial charge in [0.05, 0.1) is 12.1 Å². The molecule has 5 nitrogen and oxygen atoms in total. The first kappa shape index (κ1) is 13.6. The van der Waals surface area contributed by atoms with Crippen LogP contribution < -0.4 is 0 Å². The second-order valence-corrected chi connectivity index (χ2v) is 4.62. The van der Waals surface area contributed by atoms with E-state index in [1.165, 1.54) is 23.3 Å². The highest BCUT2D eigenvalue weighted by molar-refractivity contribution is 7.09. The minimum atomic E-state index is -0.418. The van der Waals surface area contributed by atoms with Crippen molar-refractivity contribution in [2.45, 2.75) is 20.3 Å². The summed E-state index contributed by atoms with van der Waals surface area (Å²) in [5, 5.41) is 2.54. The SMILES string of the molecule is CCCN(CC(=O)OC)C(=O)c1csc(C)n1. The maximum absolute atomic E-state index is 12.1. The van der Waals surface area contributed by atoms with Crippen LogP contribution in [0, 0.1) is 6.92 Å². The number of carbonyl (C=O) groups excluding carboxylic acids is 2. The van der Waals surface area contributed by atoms with Gasteiger partial charge in [-0.15, -0.1) is 11.3 Å². The van der Waals surface area contributed by atoms with Crippen molar-refractivity contribution < 1.29 is 14.3 Å². The Kier molecular flexibility index (Phi) is 5.09. The molecule has 17 heavy (non-hydrogen) atoms. The average molecular weight is 256 g/mol. The molecule has 0 saturated carbocycles. The van der Waals surface area contributed by atoms with E-state index in [2.05, 4.69) is 9.72 Å². The van der Waals surface area contributed by atoms with Crippen molar-refractivity contribution in [2.75, 3.05) is 20.2 Å². The Balaban J connectivity index is 2.76. The zero-order valence-corrected chi connectivity index (χ0v) is 11.0. The molecule has 1 rings (SSSR count). The fourth-order valence-corrected chi connectivity index (χ4v) is 1.95. The van der Waals surface area contributed by atoms with Gasteiger partial charge in [-0.1, -0.05) is 6.92 Å². The number of aromatic nitrogens is 1. The number of aryl methyl sites for hydroxylation is 1. The van der Waals surface area contributed by atoms with Crippen molar-refractivity contribution in [3.05, 3.63) is 16.1 Å². The van der Waals surface area contributed by atoms with Gasteiger partial charge in [0.25, 0.3) is 5.91 Å². The summed E-state index contributed by atoms with van der Waals surface area (Å²) in [4.78, 5) is 28.8. The number of hydrogen-bond acceptors (Lipinski definition) is 5. The predicted molar refractivity (Wildman–Crippen MR) is 65.1 cm³/mol. The fourth-order valence-electron chi connectivity index (χ4n) is 1.37. The van der Waals surface area contributed by atoms with Crippen LogP contribution >= 0.6 is 11.3 Å². The minimum Gasteiger partial charge on any atom is -0.468 e. The van der Waals surface area contributed by atoms with Crippen molar-refractivity contribution in [3.8, 4) is 0 Å². The van der Waals surface area contributed by atoms with Crippen LogP contribution in [0.15, 0.2) is 5.38 Å². The van der Waals surface area contributed by atoms with E-state index < -0.39 is 5.97 Å². The van der Waals surface area contributed by atoms with Crippen molar-refractivity contribution in [3.63, 3.8) is 0 Å². The van der Waals surface area contributed by atoms with Gasteiger partial charge in [-0.25, -0.2) is 4.98 Å². The zero-order chi connectivity index (χ0) is 12.8. The second-order valence-electron chi connectivity index (χ2n) is 3.55. The van der Waals surface area contributed by atoms with Gasteiger partial charge < -0.3 is 9.64 Å². The first-order valence-corrected chi connectivity index (χ1v) is 6.24. The lowest BCUT2D eigenvalue weighted by atomic mass is 10.3. The summed E-state index contributed by atoms with van der Waals surface area (Å²) in [5.41, 5.74) is 0.393. The third-order valence-corrected chi connectivity index (χ3v) is 2.94. The normalized spacial score (nSPS) is 10.1. The molecule has 0 atom stereocenters. The molecule has 0 radical (unpaired) electrons. The van der Waals surface area contributed by atoms with E-state index in [0.29, 0.717) is 12.2 Å². The lowest BCUT2D eigenvalue weighted by Crippen LogP contribution is -2.37. The summed E-state index contributed by atoms with van der Waals surface area (Å²) < 4.78 is 4.57. The molecule has 94 valence electrons. The third kappa shape index (κ3) is 3.81. The molecule has 1 amide bonds. The number of ether oxygens (including phenoxy) is 1. The monoisotopic (exact) mass is 256 g/mol. The van der Waals surface area contributed by atoms with Gasteiger partial charge in [0.15, 0.2) is 0 Å². The van der Waals surface area contributed by atoms with Gasteiger partial charge in [-0.05, 0) is 13.3 Å². The predicted octanol–water partition coefficient (Wildman–Crippen LogP) is 1.48. The Morgan fingerprint density at radius 3 is 2.71 bits per heavy atom. The van der Waals surface area contributed by atoms with Crippen LogP contribution in [0.25, 0.3) is 0 Å². The highest BCUT2D eigenvalue weighted by Crippen LogP contribution is 2.11. The number of nitrogens with zero attached hydrogens (tertiary/aromatic N) is 2. The lowest BCUT2D eigenvalue weighted by molar-refractivity contribution is -0.141. The Hall–Kier alpha value is -1.43. The number of thiazole rings is 1. The maximum Gasteiger partial charge on any atom is 0.325 e. The van der Waals surface area contributed by atoms with E-state index in [9.17, 15) is 9.59 Å². The smallest absolute Gasteiger partial charge is 0.325 e. The summed E-state index contributed by atoms with van der Waals surface area (Å²) in [6.07, 6.45) is 0.784. The molecule has 0 aliphatic heterocycles. The number of methoxy groups -OCH3 is 1. The van der Waals surface area contributed by atoms with Gasteiger partial charge in [-0.2, -0.15) is 0 Å². The van der Waals surface area contributed by atoms with Crippen LogP contribution in [0.5, 0.6) is 0 Å². The third-order valence-electron chi connectivity index (χ3n) is 2.17. The van der Waals surface area contributed by atoms with Gasteiger partial charge in [0.2, 0.25) is 0 Å². The number of esters is 1. The molecule has 0 fully saturated rings. The number of rotatable bonds is 5. The van der Waals surface area contributed by atoms with E-state index >= 15 is 0 Å². The van der Waals surface area contributed by atoms with Crippen LogP contribution in [0.4, 0.5) is 0 Å². The average Bonchev–Trinajstić information content (AvgIpc) is 2.74. The van der Waals surface area contributed by atoms with Crippen molar-refractivity contribution in [1.82, 2.24) is 9.88 Å². The molecule has 0 saturated heterocycles. The van der Waals surface area contributed by atoms with E-state index in [-0.39, 0.29) is 12.5 Å². The topological polar surface area (TPSA) is 59.5 Å². The van der Waals surface area contributed by atoms with Crippen LogP contribution in [0.1, 0.15) is 28.8 Å². The molecule has 1 aromatic rings. The molecule has 0 bridgehead atoms. The fraction of sp³-hybridized carbons (Fsp3) is 0.545. The molecule has 0 aromatic carbocycles. The van der Waals surface area contributed by atoms with Gasteiger partial charge in [0, 0.05) is 11.9 Å². The number of hydrogen-bond donors (Lipinski definition) is 0. The van der Waals surface area contributed by atoms with Crippen molar-refractivity contribution >= 4 is 23.2 Å². The molecule has 0 unspecified atom stereocenters. The van der Waals surface area contributed by atoms with Gasteiger partial charge >= 0.3 is 5.97 Å². The molecular weight excluding hydrogens is 240 g/mol. The highest BCUT2D eigenvalue weighted by Gasteiger charge is 2.20. The first-order chi connectivity index (χ1) is 8.08.